The van der Waals surface area contributed by atoms with E-state index in [1.165, 1.54) is 41.1 Å². The molecule has 5 rings (SSSR count). The molecule has 2 N–H and O–H groups in total. The highest BCUT2D eigenvalue weighted by molar-refractivity contribution is 5.91. The van der Waals surface area contributed by atoms with Crippen molar-refractivity contribution in [1.29, 1.82) is 0 Å². The van der Waals surface area contributed by atoms with Crippen molar-refractivity contribution >= 4 is 17.7 Å². The van der Waals surface area contributed by atoms with Crippen LogP contribution in [0, 0.1) is 30.4 Å². The molecule has 0 aromatic heterocycles. The van der Waals surface area contributed by atoms with E-state index in [1.807, 2.05) is 0 Å². The minimum Gasteiger partial charge on any atom is -0.392 e. The number of hydrogen-bond acceptors (Lipinski definition) is 4. The van der Waals surface area contributed by atoms with Gasteiger partial charge >= 0.3 is 0 Å². The topological polar surface area (TPSA) is 55.8 Å². The zero-order chi connectivity index (χ0) is 26.2. The lowest BCUT2D eigenvalue weighted by Gasteiger charge is -2.46. The Morgan fingerprint density at radius 2 is 1.89 bits per heavy atom. The SMILES string of the molecule is Cc1ccc2c(c1)NC[C@@]21CCN(C[C@@H](O)C2CCN(C(=O)/C=C/c3cc(F)cc(F)c3)CC2)C[C@@H]1C. The molecule has 3 atom stereocenters. The summed E-state index contributed by atoms with van der Waals surface area (Å²) >= 11 is 0. The molecule has 0 unspecified atom stereocenters. The summed E-state index contributed by atoms with van der Waals surface area (Å²) in [7, 11) is 0. The van der Waals surface area contributed by atoms with Crippen LogP contribution in [0.1, 0.15) is 42.9 Å². The lowest BCUT2D eigenvalue weighted by molar-refractivity contribution is -0.128. The summed E-state index contributed by atoms with van der Waals surface area (Å²) in [5.41, 5.74) is 4.49. The number of fused-ring (bicyclic) bond motifs is 2. The highest BCUT2D eigenvalue weighted by Gasteiger charge is 2.46. The van der Waals surface area contributed by atoms with Crippen LogP contribution in [0.5, 0.6) is 0 Å². The van der Waals surface area contributed by atoms with Gasteiger partial charge in [0.05, 0.1) is 6.10 Å². The highest BCUT2D eigenvalue weighted by atomic mass is 19.1. The molecule has 37 heavy (non-hydrogen) atoms. The highest BCUT2D eigenvalue weighted by Crippen LogP contribution is 2.47. The number of piperidine rings is 2. The lowest BCUT2D eigenvalue weighted by atomic mass is 9.67. The molecule has 7 heteroatoms. The molecular formula is C30H37F2N3O2. The molecule has 0 aliphatic carbocycles. The standard InChI is InChI=1S/C30H37F2N3O2/c1-20-3-5-26-27(13-20)33-19-30(26)9-12-34(17-21(30)2)18-28(36)23-7-10-35(11-8-23)29(37)6-4-22-14-24(31)16-25(32)15-22/h3-6,13-16,21,23,28,33,36H,7-12,17-19H2,1-2H3/b6-4+/t21-,28+,30+/m0/s1. The van der Waals surface area contributed by atoms with Crippen molar-refractivity contribution in [3.63, 3.8) is 0 Å². The van der Waals surface area contributed by atoms with Gasteiger partial charge in [-0.25, -0.2) is 8.78 Å². The average molecular weight is 510 g/mol. The Kier molecular flexibility index (Phi) is 7.37. The first kappa shape index (κ1) is 25.9. The summed E-state index contributed by atoms with van der Waals surface area (Å²) in [6.07, 6.45) is 4.98. The number of aliphatic hydroxyl groups excluding tert-OH is 1. The van der Waals surface area contributed by atoms with Crippen LogP contribution in [-0.2, 0) is 10.2 Å². The Hall–Kier alpha value is -2.77. The zero-order valence-corrected chi connectivity index (χ0v) is 21.7. The van der Waals surface area contributed by atoms with Gasteiger partial charge in [0, 0.05) is 56.0 Å². The molecule has 0 saturated carbocycles. The Labute approximate surface area is 218 Å². The fourth-order valence-electron chi connectivity index (χ4n) is 6.54. The number of benzene rings is 2. The van der Waals surface area contributed by atoms with E-state index < -0.39 is 17.7 Å². The van der Waals surface area contributed by atoms with Crippen molar-refractivity contribution in [3.05, 3.63) is 70.8 Å². The van der Waals surface area contributed by atoms with Crippen molar-refractivity contribution in [2.45, 2.75) is 44.6 Å². The Balaban J connectivity index is 1.11. The van der Waals surface area contributed by atoms with E-state index >= 15 is 0 Å². The number of nitrogens with zero attached hydrogens (tertiary/aromatic N) is 2. The molecule has 0 radical (unpaired) electrons. The maximum Gasteiger partial charge on any atom is 0.246 e. The summed E-state index contributed by atoms with van der Waals surface area (Å²) in [4.78, 5) is 16.7. The number of carbonyl (C=O) groups is 1. The molecule has 198 valence electrons. The van der Waals surface area contributed by atoms with Crippen LogP contribution in [0.4, 0.5) is 14.5 Å². The smallest absolute Gasteiger partial charge is 0.246 e. The number of hydrogen-bond donors (Lipinski definition) is 2. The normalized spacial score (nSPS) is 25.4. The van der Waals surface area contributed by atoms with E-state index in [0.29, 0.717) is 31.1 Å². The summed E-state index contributed by atoms with van der Waals surface area (Å²) in [5.74, 6) is -0.857. The molecule has 2 aromatic carbocycles. The van der Waals surface area contributed by atoms with Gasteiger partial charge in [-0.05, 0) is 85.5 Å². The molecule has 3 aliphatic rings. The van der Waals surface area contributed by atoms with Gasteiger partial charge in [0.1, 0.15) is 11.6 Å². The Bertz CT molecular complexity index is 1160. The number of halogens is 2. The summed E-state index contributed by atoms with van der Waals surface area (Å²) < 4.78 is 26.7. The van der Waals surface area contributed by atoms with E-state index in [9.17, 15) is 18.7 Å². The van der Waals surface area contributed by atoms with Crippen LogP contribution >= 0.6 is 0 Å². The quantitative estimate of drug-likeness (QED) is 0.579. The second-order valence-electron chi connectivity index (χ2n) is 11.2. The Morgan fingerprint density at radius 3 is 2.59 bits per heavy atom. The Morgan fingerprint density at radius 1 is 1.16 bits per heavy atom. The number of nitrogens with one attached hydrogen (secondary N) is 1. The van der Waals surface area contributed by atoms with Gasteiger partial charge < -0.3 is 20.2 Å². The number of aryl methyl sites for hydroxylation is 1. The minimum atomic E-state index is -0.667. The monoisotopic (exact) mass is 509 g/mol. The molecule has 3 aliphatic heterocycles. The third-order valence-corrected chi connectivity index (χ3v) is 8.80. The van der Waals surface area contributed by atoms with Gasteiger partial charge in [-0.15, -0.1) is 0 Å². The molecule has 2 aromatic rings. The van der Waals surface area contributed by atoms with Crippen molar-refractivity contribution in [3.8, 4) is 0 Å². The van der Waals surface area contributed by atoms with Crippen LogP contribution in [0.3, 0.4) is 0 Å². The zero-order valence-electron chi connectivity index (χ0n) is 21.7. The number of anilines is 1. The largest absolute Gasteiger partial charge is 0.392 e. The predicted molar refractivity (Wildman–Crippen MR) is 142 cm³/mol. The van der Waals surface area contributed by atoms with Gasteiger partial charge in [-0.1, -0.05) is 19.1 Å². The molecule has 3 heterocycles. The van der Waals surface area contributed by atoms with Gasteiger partial charge in [0.15, 0.2) is 0 Å². The van der Waals surface area contributed by atoms with E-state index in [4.69, 9.17) is 0 Å². The van der Waals surface area contributed by atoms with Crippen LogP contribution < -0.4 is 5.32 Å². The second kappa shape index (κ2) is 10.5. The molecule has 1 amide bonds. The van der Waals surface area contributed by atoms with Gasteiger partial charge in [0.25, 0.3) is 0 Å². The van der Waals surface area contributed by atoms with E-state index in [1.54, 1.807) is 4.90 Å². The van der Waals surface area contributed by atoms with Gasteiger partial charge in [0.2, 0.25) is 5.91 Å². The number of rotatable bonds is 5. The molecule has 1 spiro atoms. The van der Waals surface area contributed by atoms with Crippen LogP contribution in [0.2, 0.25) is 0 Å². The third-order valence-electron chi connectivity index (χ3n) is 8.80. The van der Waals surface area contributed by atoms with Crippen molar-refractivity contribution in [1.82, 2.24) is 9.80 Å². The van der Waals surface area contributed by atoms with Gasteiger partial charge in [-0.2, -0.15) is 0 Å². The first-order valence-corrected chi connectivity index (χ1v) is 13.4. The van der Waals surface area contributed by atoms with E-state index in [-0.39, 0.29) is 17.2 Å². The van der Waals surface area contributed by atoms with Crippen molar-refractivity contribution in [2.24, 2.45) is 11.8 Å². The summed E-state index contributed by atoms with van der Waals surface area (Å²) in [5, 5.41) is 14.7. The van der Waals surface area contributed by atoms with Gasteiger partial charge in [-0.3, -0.25) is 4.79 Å². The molecule has 2 saturated heterocycles. The van der Waals surface area contributed by atoms with E-state index in [0.717, 1.165) is 45.0 Å². The van der Waals surface area contributed by atoms with Crippen LogP contribution in [0.25, 0.3) is 6.08 Å². The molecule has 2 fully saturated rings. The fraction of sp³-hybridized carbons (Fsp3) is 0.500. The molecule has 5 nitrogen and oxygen atoms in total. The predicted octanol–water partition coefficient (Wildman–Crippen LogP) is 4.59. The van der Waals surface area contributed by atoms with E-state index in [2.05, 4.69) is 42.3 Å². The van der Waals surface area contributed by atoms with Crippen molar-refractivity contribution in [2.75, 3.05) is 44.6 Å². The minimum absolute atomic E-state index is 0.161. The van der Waals surface area contributed by atoms with Crippen molar-refractivity contribution < 1.29 is 18.7 Å². The lowest BCUT2D eigenvalue weighted by Crippen LogP contribution is -2.52. The first-order valence-electron chi connectivity index (χ1n) is 13.4. The summed E-state index contributed by atoms with van der Waals surface area (Å²) in [6.45, 7) is 9.20. The van der Waals surface area contributed by atoms with Crippen LogP contribution in [0.15, 0.2) is 42.5 Å². The maximum atomic E-state index is 13.4. The number of β-amino-alcohol motifs (C(OH)–C–C–N with tert-alkyl or cyclic N) is 1. The number of likely N-dealkylation sites (tertiary alicyclic amines) is 2. The fourth-order valence-corrected chi connectivity index (χ4v) is 6.54. The second-order valence-corrected chi connectivity index (χ2v) is 11.2. The summed E-state index contributed by atoms with van der Waals surface area (Å²) in [6, 6.07) is 9.96. The third kappa shape index (κ3) is 5.43. The first-order chi connectivity index (χ1) is 17.7. The number of carbonyl (C=O) groups excluding carboxylic acids is 1. The molecule has 0 bridgehead atoms. The maximum absolute atomic E-state index is 13.4. The van der Waals surface area contributed by atoms with Crippen LogP contribution in [-0.4, -0.2) is 66.2 Å². The number of amides is 1. The molecular weight excluding hydrogens is 472 g/mol. The number of aliphatic hydroxyl groups is 1. The average Bonchev–Trinajstić information content (AvgIpc) is 3.23.